The Bertz CT molecular complexity index is 1010. The van der Waals surface area contributed by atoms with Crippen molar-refractivity contribution >= 4 is 22.8 Å². The molecule has 0 aliphatic carbocycles. The monoisotopic (exact) mass is 499 g/mol. The number of nitrogens with one attached hydrogen (secondary N) is 1. The summed E-state index contributed by atoms with van der Waals surface area (Å²) in [7, 11) is 8.36. The zero-order valence-corrected chi connectivity index (χ0v) is 25.0. The maximum atomic E-state index is 13.4. The molecular weight excluding hydrogens is 448 g/mol. The van der Waals surface area contributed by atoms with E-state index in [9.17, 15) is 4.79 Å². The second-order valence-corrected chi connectivity index (χ2v) is 10.1. The number of hydrogen-bond donors (Lipinski definition) is 1. The third-order valence-corrected chi connectivity index (χ3v) is 5.75. The van der Waals surface area contributed by atoms with Crippen LogP contribution >= 0.6 is 0 Å². The van der Waals surface area contributed by atoms with Crippen LogP contribution in [0.15, 0.2) is 24.3 Å². The number of rotatable bonds is 3. The van der Waals surface area contributed by atoms with Gasteiger partial charge in [0.05, 0.1) is 52.4 Å². The van der Waals surface area contributed by atoms with Crippen LogP contribution in [0.25, 0.3) is 10.9 Å². The summed E-state index contributed by atoms with van der Waals surface area (Å²) in [5.41, 5.74) is 3.29. The van der Waals surface area contributed by atoms with Gasteiger partial charge in [-0.25, -0.2) is 0 Å². The Balaban J connectivity index is 0.00000154. The maximum absolute atomic E-state index is 13.4. The summed E-state index contributed by atoms with van der Waals surface area (Å²) in [6, 6.07) is 7.95. The lowest BCUT2D eigenvalue weighted by Gasteiger charge is -2.35. The topological polar surface area (TPSA) is 54.7 Å². The van der Waals surface area contributed by atoms with Crippen LogP contribution in [0.2, 0.25) is 0 Å². The van der Waals surface area contributed by atoms with Crippen LogP contribution in [0.1, 0.15) is 70.1 Å². The van der Waals surface area contributed by atoms with Gasteiger partial charge in [0.15, 0.2) is 0 Å². The van der Waals surface area contributed by atoms with E-state index < -0.39 is 0 Å². The highest BCUT2D eigenvalue weighted by molar-refractivity contribution is 6.07. The number of carbonyl (C=O) groups is 1. The van der Waals surface area contributed by atoms with Gasteiger partial charge in [-0.1, -0.05) is 45.9 Å². The molecule has 0 saturated carbocycles. The molecule has 36 heavy (non-hydrogen) atoms. The van der Waals surface area contributed by atoms with E-state index in [0.717, 1.165) is 60.4 Å². The fraction of sp³-hybridized carbons (Fsp3) is 0.621. The van der Waals surface area contributed by atoms with E-state index in [4.69, 9.17) is 4.98 Å². The minimum atomic E-state index is -0.303. The Morgan fingerprint density at radius 1 is 1.03 bits per heavy atom. The van der Waals surface area contributed by atoms with Crippen molar-refractivity contribution < 1.29 is 9.37 Å². The maximum Gasteiger partial charge on any atom is 0.349 e. The van der Waals surface area contributed by atoms with E-state index in [0.29, 0.717) is 0 Å². The van der Waals surface area contributed by atoms with Gasteiger partial charge >= 0.3 is 5.96 Å². The lowest BCUT2D eigenvalue weighted by Crippen LogP contribution is -2.54. The molecule has 0 radical (unpaired) electrons. The summed E-state index contributed by atoms with van der Waals surface area (Å²) >= 11 is 0. The molecule has 1 aromatic carbocycles. The minimum Gasteiger partial charge on any atom is -0.347 e. The highest BCUT2D eigenvalue weighted by Gasteiger charge is 2.29. The Hall–Kier alpha value is -2.67. The molecule has 1 aliphatic heterocycles. The molecular formula is C29H51N6O+. The standard InChI is InChI=1S/C25H38N6O.2C2H6/c1-18-20(17-30-13-15-31(16-14-30)24(28(5)6)29(7)8)22(23(32)27-25(2,3)4)19-11-9-10-12-21(19)26-18;2*1-2/h9-12H,13-17H2,1-8H3;2*1-2H3/p+1. The summed E-state index contributed by atoms with van der Waals surface area (Å²) in [5.74, 6) is 1.20. The van der Waals surface area contributed by atoms with Crippen molar-refractivity contribution in [1.29, 1.82) is 0 Å². The number of aromatic nitrogens is 1. The lowest BCUT2D eigenvalue weighted by molar-refractivity contribution is -0.476. The number of para-hydroxylation sites is 1. The van der Waals surface area contributed by atoms with Crippen LogP contribution in [0.5, 0.6) is 0 Å². The molecule has 7 heteroatoms. The van der Waals surface area contributed by atoms with Gasteiger partial charge in [-0.05, 0) is 33.8 Å². The fourth-order valence-electron chi connectivity index (χ4n) is 4.53. The smallest absolute Gasteiger partial charge is 0.347 e. The van der Waals surface area contributed by atoms with Crippen molar-refractivity contribution in [2.75, 3.05) is 54.4 Å². The van der Waals surface area contributed by atoms with E-state index in [1.165, 1.54) is 5.96 Å². The van der Waals surface area contributed by atoms with Crippen LogP contribution in [-0.2, 0) is 6.54 Å². The van der Waals surface area contributed by atoms with Crippen molar-refractivity contribution in [2.24, 2.45) is 0 Å². The molecule has 0 unspecified atom stereocenters. The SMILES string of the molecule is CC.CC.Cc1nc2ccccc2c(C(=O)NC(C)(C)C)c1CN1CCN(C(N(C)C)=[N+](C)C)CC1. The third kappa shape index (κ3) is 8.19. The number of carbonyl (C=O) groups excluding carboxylic acids is 1. The first-order chi connectivity index (χ1) is 17.0. The zero-order valence-electron chi connectivity index (χ0n) is 25.0. The number of guanidine groups is 1. The van der Waals surface area contributed by atoms with Crippen molar-refractivity contribution in [3.63, 3.8) is 0 Å². The van der Waals surface area contributed by atoms with Crippen LogP contribution in [0, 0.1) is 6.92 Å². The second kappa shape index (κ2) is 14.2. The molecule has 1 amide bonds. The number of pyridine rings is 1. The molecule has 2 heterocycles. The highest BCUT2D eigenvalue weighted by atomic mass is 16.1. The van der Waals surface area contributed by atoms with Gasteiger partial charge in [0.2, 0.25) is 0 Å². The molecule has 3 rings (SSSR count). The van der Waals surface area contributed by atoms with Crippen molar-refractivity contribution in [3.8, 4) is 0 Å². The first kappa shape index (κ1) is 31.4. The Morgan fingerprint density at radius 3 is 2.08 bits per heavy atom. The molecule has 1 aliphatic rings. The molecule has 0 spiro atoms. The first-order valence-electron chi connectivity index (χ1n) is 13.4. The predicted molar refractivity (Wildman–Crippen MR) is 154 cm³/mol. The van der Waals surface area contributed by atoms with Gasteiger partial charge in [-0.2, -0.15) is 0 Å². The Morgan fingerprint density at radius 2 is 1.58 bits per heavy atom. The summed E-state index contributed by atoms with van der Waals surface area (Å²) in [6.07, 6.45) is 0. The van der Waals surface area contributed by atoms with E-state index in [1.54, 1.807) is 0 Å². The van der Waals surface area contributed by atoms with Gasteiger partial charge < -0.3 is 5.32 Å². The Labute approximate surface area is 220 Å². The normalized spacial score (nSPS) is 13.7. The van der Waals surface area contributed by atoms with Gasteiger partial charge in [0.25, 0.3) is 5.91 Å². The van der Waals surface area contributed by atoms with Gasteiger partial charge in [0, 0.05) is 41.8 Å². The number of nitrogens with zero attached hydrogens (tertiary/aromatic N) is 5. The number of aryl methyl sites for hydroxylation is 1. The molecule has 2 aromatic rings. The average Bonchev–Trinajstić information content (AvgIpc) is 2.81. The van der Waals surface area contributed by atoms with Crippen molar-refractivity contribution in [1.82, 2.24) is 25.0 Å². The van der Waals surface area contributed by atoms with Crippen LogP contribution in [0.3, 0.4) is 0 Å². The van der Waals surface area contributed by atoms with Gasteiger partial charge in [-0.3, -0.25) is 29.1 Å². The minimum absolute atomic E-state index is 0.0244. The van der Waals surface area contributed by atoms with E-state index in [2.05, 4.69) is 52.8 Å². The van der Waals surface area contributed by atoms with E-state index in [-0.39, 0.29) is 11.4 Å². The third-order valence-electron chi connectivity index (χ3n) is 5.75. The molecule has 0 bridgehead atoms. The molecule has 1 saturated heterocycles. The van der Waals surface area contributed by atoms with Crippen molar-refractivity contribution in [3.05, 3.63) is 41.1 Å². The molecule has 0 atom stereocenters. The highest BCUT2D eigenvalue weighted by Crippen LogP contribution is 2.26. The zero-order chi connectivity index (χ0) is 27.6. The summed E-state index contributed by atoms with van der Waals surface area (Å²) in [4.78, 5) is 25.3. The molecule has 1 N–H and O–H groups in total. The van der Waals surface area contributed by atoms with Gasteiger partial charge in [0.1, 0.15) is 0 Å². The average molecular weight is 500 g/mol. The largest absolute Gasteiger partial charge is 0.349 e. The number of piperazine rings is 1. The first-order valence-corrected chi connectivity index (χ1v) is 13.4. The number of benzene rings is 1. The number of amides is 1. The lowest BCUT2D eigenvalue weighted by atomic mass is 9.97. The quantitative estimate of drug-likeness (QED) is 0.385. The van der Waals surface area contributed by atoms with Crippen LogP contribution in [0.4, 0.5) is 0 Å². The summed E-state index contributed by atoms with van der Waals surface area (Å²) < 4.78 is 2.17. The molecule has 7 nitrogen and oxygen atoms in total. The van der Waals surface area contributed by atoms with E-state index >= 15 is 0 Å². The predicted octanol–water partition coefficient (Wildman–Crippen LogP) is 4.43. The fourth-order valence-corrected chi connectivity index (χ4v) is 4.53. The molecule has 1 fully saturated rings. The summed E-state index contributed by atoms with van der Waals surface area (Å²) in [5, 5.41) is 4.09. The Kier molecular flexibility index (Phi) is 12.3. The van der Waals surface area contributed by atoms with Crippen molar-refractivity contribution in [2.45, 2.75) is 67.5 Å². The van der Waals surface area contributed by atoms with Gasteiger partial charge in [-0.15, -0.1) is 0 Å². The molecule has 1 aromatic heterocycles. The summed E-state index contributed by atoms with van der Waals surface area (Å²) in [6.45, 7) is 20.6. The van der Waals surface area contributed by atoms with Crippen LogP contribution in [-0.4, -0.2) is 96.0 Å². The van der Waals surface area contributed by atoms with Crippen LogP contribution < -0.4 is 5.32 Å². The van der Waals surface area contributed by atoms with E-state index in [1.807, 2.05) is 79.7 Å². The molecule has 202 valence electrons. The second-order valence-electron chi connectivity index (χ2n) is 10.1. The number of hydrogen-bond acceptors (Lipinski definition) is 3. The number of fused-ring (bicyclic) bond motifs is 1.